The number of halogens is 1. The maximum Gasteiger partial charge on any atom is 0.254 e. The molecule has 2 aliphatic heterocycles. The molecule has 2 saturated carbocycles. The first-order valence-electron chi connectivity index (χ1n) is 22.9. The lowest BCUT2D eigenvalue weighted by atomic mass is 9.98. The molecule has 2 aromatic carbocycles. The molecule has 6 amide bonds. The van der Waals surface area contributed by atoms with Crippen LogP contribution in [0.2, 0.25) is 5.02 Å². The van der Waals surface area contributed by atoms with Crippen LogP contribution in [0.15, 0.2) is 80.2 Å². The third kappa shape index (κ3) is 11.5. The summed E-state index contributed by atoms with van der Waals surface area (Å²) in [6.07, 6.45) is 10.5. The summed E-state index contributed by atoms with van der Waals surface area (Å²) in [4.78, 5) is 96.9. The first kappa shape index (κ1) is 49.4. The molecule has 4 heterocycles. The second-order valence-corrected chi connectivity index (χ2v) is 23.1. The van der Waals surface area contributed by atoms with Crippen molar-refractivity contribution in [3.05, 3.63) is 94.8 Å². The molecule has 4 aliphatic rings. The Bertz CT molecular complexity index is 2670. The van der Waals surface area contributed by atoms with Crippen LogP contribution in [0.3, 0.4) is 0 Å². The molecule has 8 rings (SSSR count). The fourth-order valence-electron chi connectivity index (χ4n) is 8.91. The second kappa shape index (κ2) is 21.3. The van der Waals surface area contributed by atoms with E-state index in [1.807, 2.05) is 50.8 Å². The lowest BCUT2D eigenvalue weighted by Crippen LogP contribution is -2.43. The van der Waals surface area contributed by atoms with Gasteiger partial charge < -0.3 is 30.2 Å². The molecule has 0 spiro atoms. The summed E-state index contributed by atoms with van der Waals surface area (Å²) in [7, 11) is 0. The SMILES string of the molecule is C=CC(=O)N1CCCN(C(=O)c2cc(C)c(CC3CC3C(=O)Nc3ncc(Sc4cc(C(=O)N5CCCN(C(=O)C=C)[C@H](C)C5)c(C)cc4Cl)s3)c(Sc3cnc(NC(=O)C4CC4)s3)c2)C[C@H]1C. The third-order valence-electron chi connectivity index (χ3n) is 12.9. The molecule has 14 nitrogen and oxygen atoms in total. The molecule has 68 heavy (non-hydrogen) atoms. The molecule has 0 radical (unpaired) electrons. The lowest BCUT2D eigenvalue weighted by Gasteiger charge is -2.28. The molecule has 0 bridgehead atoms. The molecule has 19 heteroatoms. The normalized spacial score (nSPS) is 20.5. The lowest BCUT2D eigenvalue weighted by molar-refractivity contribution is -0.128. The maximum absolute atomic E-state index is 14.2. The Hall–Kier alpha value is -5.01. The molecule has 358 valence electrons. The van der Waals surface area contributed by atoms with E-state index < -0.39 is 0 Å². The summed E-state index contributed by atoms with van der Waals surface area (Å²) in [5.41, 5.74) is 3.84. The number of aryl methyl sites for hydroxylation is 2. The van der Waals surface area contributed by atoms with Crippen molar-refractivity contribution >= 4 is 104 Å². The molecular weight excluding hydrogens is 960 g/mol. The van der Waals surface area contributed by atoms with Crippen molar-refractivity contribution < 1.29 is 28.8 Å². The maximum atomic E-state index is 14.2. The van der Waals surface area contributed by atoms with Gasteiger partial charge >= 0.3 is 0 Å². The minimum absolute atomic E-state index is 0.0136. The van der Waals surface area contributed by atoms with Gasteiger partial charge in [-0.1, -0.05) is 71.0 Å². The number of nitrogens with one attached hydrogen (secondary N) is 2. The van der Waals surface area contributed by atoms with E-state index in [2.05, 4.69) is 33.8 Å². The van der Waals surface area contributed by atoms with Crippen molar-refractivity contribution in [3.63, 3.8) is 0 Å². The topological polar surface area (TPSA) is 165 Å². The fourth-order valence-corrected chi connectivity index (χ4v) is 13.2. The Labute approximate surface area is 418 Å². The minimum atomic E-state index is -0.232. The number of hydrogen-bond acceptors (Lipinski definition) is 12. The molecule has 2 saturated heterocycles. The van der Waals surface area contributed by atoms with Crippen molar-refractivity contribution in [1.29, 1.82) is 0 Å². The van der Waals surface area contributed by atoms with Crippen molar-refractivity contribution in [2.45, 2.75) is 96.5 Å². The standard InChI is InChI=1S/C49H55ClN8O6S4/c1-7-40(59)57-15-9-13-55(25-29(57)5)46(63)33-17-27(3)34(38(21-33)65-42-23-51-48(67-42)53-44(61)31-11-12-31)19-32-20-36(32)45(62)54-49-52-24-43(68-49)66-39-22-35(28(4)18-37(39)50)47(64)56-14-10-16-58(30(6)26-56)41(60)8-2/h7-8,17-18,21-24,29-32,36H,1-2,9-16,19-20,25-26H2,3-6H3,(H,51,53,61)(H,52,54,62)/t29-,30-,32?,36?/m1/s1. The smallest absolute Gasteiger partial charge is 0.254 e. The van der Waals surface area contributed by atoms with Crippen molar-refractivity contribution in [2.75, 3.05) is 49.9 Å². The number of thiazole rings is 2. The van der Waals surface area contributed by atoms with E-state index in [-0.39, 0.29) is 65.3 Å². The first-order chi connectivity index (χ1) is 32.6. The highest BCUT2D eigenvalue weighted by Crippen LogP contribution is 2.47. The van der Waals surface area contributed by atoms with Gasteiger partial charge in [0.15, 0.2) is 10.3 Å². The highest BCUT2D eigenvalue weighted by Gasteiger charge is 2.44. The first-order valence-corrected chi connectivity index (χ1v) is 26.5. The molecule has 4 fully saturated rings. The Kier molecular flexibility index (Phi) is 15.5. The molecule has 2 unspecified atom stereocenters. The Balaban J connectivity index is 0.934. The predicted molar refractivity (Wildman–Crippen MR) is 269 cm³/mol. The van der Waals surface area contributed by atoms with E-state index in [9.17, 15) is 28.8 Å². The van der Waals surface area contributed by atoms with Gasteiger partial charge in [0.25, 0.3) is 11.8 Å². The summed E-state index contributed by atoms with van der Waals surface area (Å²) in [6.45, 7) is 18.0. The zero-order valence-corrected chi connectivity index (χ0v) is 42.6. The van der Waals surface area contributed by atoms with E-state index in [0.717, 1.165) is 42.8 Å². The van der Waals surface area contributed by atoms with Crippen LogP contribution < -0.4 is 10.6 Å². The quantitative estimate of drug-likeness (QED) is 0.117. The molecule has 4 aromatic rings. The van der Waals surface area contributed by atoms with Crippen LogP contribution in [0.1, 0.15) is 83.4 Å². The average molecular weight is 1020 g/mol. The van der Waals surface area contributed by atoms with Gasteiger partial charge in [-0.05, 0) is 125 Å². The average Bonchev–Trinajstić information content (AvgIpc) is 4.24. The fraction of sp³-hybridized carbons (Fsp3) is 0.429. The van der Waals surface area contributed by atoms with Gasteiger partial charge in [0.1, 0.15) is 0 Å². The van der Waals surface area contributed by atoms with Crippen LogP contribution in [0.4, 0.5) is 10.3 Å². The Morgan fingerprint density at radius 1 is 0.750 bits per heavy atom. The van der Waals surface area contributed by atoms with Crippen molar-refractivity contribution in [2.24, 2.45) is 17.8 Å². The molecule has 2 N–H and O–H groups in total. The molecule has 4 atom stereocenters. The number of anilines is 2. The van der Waals surface area contributed by atoms with Crippen LogP contribution in [-0.2, 0) is 25.6 Å². The van der Waals surface area contributed by atoms with Gasteiger partial charge in [0.05, 0.1) is 25.8 Å². The number of hydrogen-bond donors (Lipinski definition) is 2. The van der Waals surface area contributed by atoms with Crippen molar-refractivity contribution in [3.8, 4) is 0 Å². The number of aromatic nitrogens is 2. The second-order valence-electron chi connectivity index (χ2n) is 18.0. The van der Waals surface area contributed by atoms with E-state index >= 15 is 0 Å². The summed E-state index contributed by atoms with van der Waals surface area (Å²) >= 11 is 12.3. The number of benzene rings is 2. The van der Waals surface area contributed by atoms with Gasteiger partial charge in [0, 0.05) is 84.1 Å². The molecule has 2 aliphatic carbocycles. The predicted octanol–water partition coefficient (Wildman–Crippen LogP) is 8.84. The highest BCUT2D eigenvalue weighted by molar-refractivity contribution is 8.01. The van der Waals surface area contributed by atoms with Crippen LogP contribution in [0, 0.1) is 31.6 Å². The minimum Gasteiger partial charge on any atom is -0.337 e. The monoisotopic (exact) mass is 1010 g/mol. The third-order valence-corrected chi connectivity index (χ3v) is 17.5. The Morgan fingerprint density at radius 2 is 1.31 bits per heavy atom. The summed E-state index contributed by atoms with van der Waals surface area (Å²) in [5, 5.41) is 7.47. The van der Waals surface area contributed by atoms with Crippen LogP contribution >= 0.6 is 57.8 Å². The highest BCUT2D eigenvalue weighted by atomic mass is 35.5. The van der Waals surface area contributed by atoms with Gasteiger partial charge in [-0.3, -0.25) is 28.8 Å². The number of amides is 6. The van der Waals surface area contributed by atoms with Gasteiger partial charge in [-0.25, -0.2) is 9.97 Å². The summed E-state index contributed by atoms with van der Waals surface area (Å²) in [6, 6.07) is 7.14. The molecular formula is C49H55ClN8O6S4. The van der Waals surface area contributed by atoms with E-state index in [1.54, 1.807) is 33.2 Å². The van der Waals surface area contributed by atoms with E-state index in [4.69, 9.17) is 11.6 Å². The largest absolute Gasteiger partial charge is 0.337 e. The van der Waals surface area contributed by atoms with E-state index in [1.165, 1.54) is 58.3 Å². The number of carbonyl (C=O) groups excluding carboxylic acids is 6. The van der Waals surface area contributed by atoms with Gasteiger partial charge in [0.2, 0.25) is 23.6 Å². The van der Waals surface area contributed by atoms with Gasteiger partial charge in [-0.15, -0.1) is 0 Å². The van der Waals surface area contributed by atoms with Gasteiger partial charge in [-0.2, -0.15) is 0 Å². The Morgan fingerprint density at radius 3 is 1.88 bits per heavy atom. The van der Waals surface area contributed by atoms with Crippen LogP contribution in [-0.4, -0.2) is 116 Å². The number of nitrogens with zero attached hydrogens (tertiary/aromatic N) is 6. The zero-order valence-electron chi connectivity index (χ0n) is 38.5. The zero-order chi connectivity index (χ0) is 48.4. The summed E-state index contributed by atoms with van der Waals surface area (Å²) < 4.78 is 1.66. The number of carbonyl (C=O) groups is 6. The van der Waals surface area contributed by atoms with Crippen LogP contribution in [0.25, 0.3) is 0 Å². The molecule has 2 aromatic heterocycles. The van der Waals surface area contributed by atoms with Crippen LogP contribution in [0.5, 0.6) is 0 Å². The number of rotatable bonds is 14. The van der Waals surface area contributed by atoms with Crippen molar-refractivity contribution in [1.82, 2.24) is 29.6 Å². The van der Waals surface area contributed by atoms with E-state index in [0.29, 0.717) is 96.3 Å². The summed E-state index contributed by atoms with van der Waals surface area (Å²) in [5.74, 6) is -0.751.